The number of aromatic nitrogens is 1. The monoisotopic (exact) mass is 266 g/mol. The predicted molar refractivity (Wildman–Crippen MR) is 67.9 cm³/mol. The zero-order valence-corrected chi connectivity index (χ0v) is 10.8. The van der Waals surface area contributed by atoms with Crippen molar-refractivity contribution in [2.75, 3.05) is 13.7 Å². The van der Waals surface area contributed by atoms with Gasteiger partial charge >= 0.3 is 5.97 Å². The number of methoxy groups -OCH3 is 1. The van der Waals surface area contributed by atoms with Crippen LogP contribution >= 0.6 is 0 Å². The molecule has 5 nitrogen and oxygen atoms in total. The average Bonchev–Trinajstić information content (AvgIpc) is 2.39. The van der Waals surface area contributed by atoms with Gasteiger partial charge in [-0.1, -0.05) is 12.2 Å². The molecule has 1 aromatic heterocycles. The molecule has 1 rings (SSSR count). The summed E-state index contributed by atoms with van der Waals surface area (Å²) in [6.45, 7) is 1.96. The van der Waals surface area contributed by atoms with E-state index in [0.29, 0.717) is 18.5 Å². The van der Waals surface area contributed by atoms with Crippen molar-refractivity contribution in [1.29, 1.82) is 0 Å². The van der Waals surface area contributed by atoms with E-state index in [-0.39, 0.29) is 11.5 Å². The van der Waals surface area contributed by atoms with Gasteiger partial charge < -0.3 is 10.1 Å². The number of carbonyl (C=O) groups is 2. The first-order chi connectivity index (χ1) is 9.04. The highest BCUT2D eigenvalue weighted by Crippen LogP contribution is 2.10. The van der Waals surface area contributed by atoms with Gasteiger partial charge in [0.25, 0.3) is 0 Å². The summed E-state index contributed by atoms with van der Waals surface area (Å²) < 4.78 is 17.7. The zero-order valence-electron chi connectivity index (χ0n) is 10.8. The summed E-state index contributed by atoms with van der Waals surface area (Å²) in [6, 6.07) is 1.36. The molecular weight excluding hydrogens is 251 g/mol. The third kappa shape index (κ3) is 4.87. The standard InChI is InChI=1S/C13H15FN2O3/c1-9(17)15-6-4-3-5-10-7-11(13(18)19-2)12(14)16-8-10/h3,5,7-8H,4,6H2,1-2H3,(H,15,17). The number of nitrogens with one attached hydrogen (secondary N) is 1. The minimum absolute atomic E-state index is 0.0928. The maximum atomic E-state index is 13.3. The highest BCUT2D eigenvalue weighted by atomic mass is 19.1. The molecule has 0 aliphatic rings. The Morgan fingerprint density at radius 1 is 1.53 bits per heavy atom. The van der Waals surface area contributed by atoms with E-state index in [0.717, 1.165) is 0 Å². The maximum absolute atomic E-state index is 13.3. The Bertz CT molecular complexity index is 501. The van der Waals surface area contributed by atoms with Crippen molar-refractivity contribution in [2.24, 2.45) is 0 Å². The molecule has 19 heavy (non-hydrogen) atoms. The molecule has 0 aromatic carbocycles. The van der Waals surface area contributed by atoms with Crippen molar-refractivity contribution in [3.63, 3.8) is 0 Å². The Labute approximate surface area is 110 Å². The summed E-state index contributed by atoms with van der Waals surface area (Å²) >= 11 is 0. The van der Waals surface area contributed by atoms with Gasteiger partial charge in [-0.25, -0.2) is 9.78 Å². The first kappa shape index (κ1) is 14.8. The van der Waals surface area contributed by atoms with Crippen LogP contribution in [0.15, 0.2) is 18.3 Å². The van der Waals surface area contributed by atoms with E-state index in [1.807, 2.05) is 0 Å². The van der Waals surface area contributed by atoms with Crippen LogP contribution in [-0.4, -0.2) is 30.5 Å². The highest BCUT2D eigenvalue weighted by Gasteiger charge is 2.13. The van der Waals surface area contributed by atoms with Gasteiger partial charge in [0, 0.05) is 19.7 Å². The second kappa shape index (κ2) is 7.25. The van der Waals surface area contributed by atoms with Crippen LogP contribution in [0.3, 0.4) is 0 Å². The first-order valence-corrected chi connectivity index (χ1v) is 5.69. The lowest BCUT2D eigenvalue weighted by Crippen LogP contribution is -2.20. The molecule has 0 saturated carbocycles. The van der Waals surface area contributed by atoms with Gasteiger partial charge in [-0.15, -0.1) is 0 Å². The smallest absolute Gasteiger partial charge is 0.342 e. The van der Waals surface area contributed by atoms with Crippen LogP contribution in [0.2, 0.25) is 0 Å². The molecule has 0 radical (unpaired) electrons. The van der Waals surface area contributed by atoms with Gasteiger partial charge in [0.15, 0.2) is 0 Å². The van der Waals surface area contributed by atoms with Crippen LogP contribution in [-0.2, 0) is 9.53 Å². The van der Waals surface area contributed by atoms with Crippen LogP contribution in [0.5, 0.6) is 0 Å². The third-order valence-electron chi connectivity index (χ3n) is 2.26. The molecule has 0 bridgehead atoms. The number of pyridine rings is 1. The number of amides is 1. The van der Waals surface area contributed by atoms with E-state index in [1.165, 1.54) is 26.3 Å². The molecular formula is C13H15FN2O3. The largest absolute Gasteiger partial charge is 0.465 e. The quantitative estimate of drug-likeness (QED) is 0.499. The lowest BCUT2D eigenvalue weighted by Gasteiger charge is -2.01. The highest BCUT2D eigenvalue weighted by molar-refractivity contribution is 5.89. The normalized spacial score (nSPS) is 10.5. The van der Waals surface area contributed by atoms with Crippen molar-refractivity contribution >= 4 is 18.0 Å². The Morgan fingerprint density at radius 2 is 2.26 bits per heavy atom. The van der Waals surface area contributed by atoms with Crippen LogP contribution in [0.4, 0.5) is 4.39 Å². The Morgan fingerprint density at radius 3 is 2.89 bits per heavy atom. The number of hydrogen-bond donors (Lipinski definition) is 1. The van der Waals surface area contributed by atoms with Crippen molar-refractivity contribution < 1.29 is 18.7 Å². The summed E-state index contributed by atoms with van der Waals surface area (Å²) in [5, 5.41) is 2.64. The molecule has 0 aliphatic heterocycles. The average molecular weight is 266 g/mol. The number of ether oxygens (including phenoxy) is 1. The van der Waals surface area contributed by atoms with E-state index in [2.05, 4.69) is 15.0 Å². The molecule has 102 valence electrons. The number of rotatable bonds is 5. The van der Waals surface area contributed by atoms with Crippen molar-refractivity contribution in [3.05, 3.63) is 35.4 Å². The van der Waals surface area contributed by atoms with E-state index < -0.39 is 11.9 Å². The summed E-state index contributed by atoms with van der Waals surface area (Å²) in [6.07, 6.45) is 5.44. The molecule has 0 aliphatic carbocycles. The molecule has 1 amide bonds. The molecule has 0 fully saturated rings. The molecule has 1 aromatic rings. The van der Waals surface area contributed by atoms with Gasteiger partial charge in [-0.3, -0.25) is 4.79 Å². The van der Waals surface area contributed by atoms with Crippen LogP contribution in [0, 0.1) is 5.95 Å². The second-order valence-corrected chi connectivity index (χ2v) is 3.77. The summed E-state index contributed by atoms with van der Waals surface area (Å²) in [4.78, 5) is 25.4. The minimum Gasteiger partial charge on any atom is -0.465 e. The lowest BCUT2D eigenvalue weighted by atomic mass is 10.2. The minimum atomic E-state index is -0.859. The molecule has 1 N–H and O–H groups in total. The molecule has 0 spiro atoms. The lowest BCUT2D eigenvalue weighted by molar-refractivity contribution is -0.118. The van der Waals surface area contributed by atoms with Crippen molar-refractivity contribution in [2.45, 2.75) is 13.3 Å². The fraction of sp³-hybridized carbons (Fsp3) is 0.308. The predicted octanol–water partition coefficient (Wildman–Crippen LogP) is 1.55. The van der Waals surface area contributed by atoms with Crippen molar-refractivity contribution in [3.8, 4) is 0 Å². The molecule has 6 heteroatoms. The second-order valence-electron chi connectivity index (χ2n) is 3.77. The number of esters is 1. The fourth-order valence-corrected chi connectivity index (χ4v) is 1.36. The van der Waals surface area contributed by atoms with E-state index in [4.69, 9.17) is 0 Å². The Kier molecular flexibility index (Phi) is 5.66. The summed E-state index contributed by atoms with van der Waals surface area (Å²) in [5.41, 5.74) is 0.385. The van der Waals surface area contributed by atoms with Crippen LogP contribution in [0.1, 0.15) is 29.3 Å². The topological polar surface area (TPSA) is 68.3 Å². The van der Waals surface area contributed by atoms with E-state index in [9.17, 15) is 14.0 Å². The van der Waals surface area contributed by atoms with Gasteiger partial charge in [0.05, 0.1) is 7.11 Å². The van der Waals surface area contributed by atoms with Gasteiger partial charge in [-0.2, -0.15) is 4.39 Å². The number of hydrogen-bond acceptors (Lipinski definition) is 4. The Hall–Kier alpha value is -2.24. The van der Waals surface area contributed by atoms with Crippen LogP contribution < -0.4 is 5.32 Å². The molecule has 0 unspecified atom stereocenters. The summed E-state index contributed by atoms with van der Waals surface area (Å²) in [7, 11) is 1.18. The van der Waals surface area contributed by atoms with E-state index >= 15 is 0 Å². The fourth-order valence-electron chi connectivity index (χ4n) is 1.36. The first-order valence-electron chi connectivity index (χ1n) is 5.69. The number of nitrogens with zero attached hydrogens (tertiary/aromatic N) is 1. The van der Waals surface area contributed by atoms with Gasteiger partial charge in [0.1, 0.15) is 5.56 Å². The van der Waals surface area contributed by atoms with E-state index in [1.54, 1.807) is 12.2 Å². The molecule has 0 atom stereocenters. The SMILES string of the molecule is COC(=O)c1cc(C=CCCNC(C)=O)cnc1F. The molecule has 1 heterocycles. The summed E-state index contributed by atoms with van der Waals surface area (Å²) in [5.74, 6) is -1.72. The third-order valence-corrected chi connectivity index (χ3v) is 2.26. The van der Waals surface area contributed by atoms with Crippen LogP contribution in [0.25, 0.3) is 6.08 Å². The molecule has 0 saturated heterocycles. The van der Waals surface area contributed by atoms with Gasteiger partial charge in [-0.05, 0) is 18.1 Å². The Balaban J connectivity index is 2.66. The number of halogens is 1. The number of carbonyl (C=O) groups excluding carboxylic acids is 2. The van der Waals surface area contributed by atoms with Gasteiger partial charge in [0.2, 0.25) is 11.9 Å². The van der Waals surface area contributed by atoms with Crippen molar-refractivity contribution in [1.82, 2.24) is 10.3 Å². The zero-order chi connectivity index (χ0) is 14.3. The maximum Gasteiger partial charge on any atom is 0.342 e.